The van der Waals surface area contributed by atoms with Gasteiger partial charge in [0.2, 0.25) is 0 Å². The summed E-state index contributed by atoms with van der Waals surface area (Å²) in [4.78, 5) is 0. The van der Waals surface area contributed by atoms with E-state index >= 15 is 0 Å². The van der Waals surface area contributed by atoms with E-state index in [2.05, 4.69) is 27.7 Å². The van der Waals surface area contributed by atoms with Crippen molar-refractivity contribution in [2.24, 2.45) is 5.92 Å². The van der Waals surface area contributed by atoms with Crippen LogP contribution in [0.2, 0.25) is 0 Å². The maximum atomic E-state index is 9.66. The Bertz CT molecular complexity index is 235. The van der Waals surface area contributed by atoms with Gasteiger partial charge in [0.15, 0.2) is 0 Å². The molecule has 0 fully saturated rings. The zero-order chi connectivity index (χ0) is 9.30. The molecule has 1 heteroatoms. The predicted octanol–water partition coefficient (Wildman–Crippen LogP) is 2.67. The molecule has 1 aliphatic carbocycles. The highest BCUT2D eigenvalue weighted by molar-refractivity contribution is 5.38. The molecular formula is C11H18O. The molecule has 0 spiro atoms. The lowest BCUT2D eigenvalue weighted by Crippen LogP contribution is -2.21. The lowest BCUT2D eigenvalue weighted by atomic mass is 9.83. The summed E-state index contributed by atoms with van der Waals surface area (Å²) in [6.45, 7) is 8.47. The van der Waals surface area contributed by atoms with Gasteiger partial charge in [-0.15, -0.1) is 0 Å². The topological polar surface area (TPSA) is 20.2 Å². The van der Waals surface area contributed by atoms with Crippen LogP contribution in [0.15, 0.2) is 22.8 Å². The molecule has 0 heterocycles. The fourth-order valence-corrected chi connectivity index (χ4v) is 1.71. The Morgan fingerprint density at radius 3 is 2.50 bits per heavy atom. The largest absolute Gasteiger partial charge is 0.388 e. The second kappa shape index (κ2) is 3.44. The van der Waals surface area contributed by atoms with Crippen molar-refractivity contribution in [2.75, 3.05) is 0 Å². The SMILES string of the molecule is CCC1=CC(O)C(C)C(C)=C1C. The molecule has 0 radical (unpaired) electrons. The molecule has 0 amide bonds. The monoisotopic (exact) mass is 166 g/mol. The van der Waals surface area contributed by atoms with Crippen LogP contribution >= 0.6 is 0 Å². The molecule has 68 valence electrons. The minimum absolute atomic E-state index is 0.274. The summed E-state index contributed by atoms with van der Waals surface area (Å²) < 4.78 is 0. The van der Waals surface area contributed by atoms with Gasteiger partial charge in [0.05, 0.1) is 6.10 Å². The number of aliphatic hydroxyl groups is 1. The highest BCUT2D eigenvalue weighted by atomic mass is 16.3. The fourth-order valence-electron chi connectivity index (χ4n) is 1.71. The molecule has 0 bridgehead atoms. The van der Waals surface area contributed by atoms with Crippen molar-refractivity contribution in [2.45, 2.75) is 40.2 Å². The standard InChI is InChI=1S/C11H18O/c1-5-10-6-11(12)9(4)7(2)8(10)3/h6,9,11-12H,5H2,1-4H3. The zero-order valence-electron chi connectivity index (χ0n) is 8.39. The first-order valence-corrected chi connectivity index (χ1v) is 4.64. The van der Waals surface area contributed by atoms with E-state index in [-0.39, 0.29) is 6.10 Å². The molecule has 0 aliphatic heterocycles. The van der Waals surface area contributed by atoms with Crippen LogP contribution in [0.4, 0.5) is 0 Å². The lowest BCUT2D eigenvalue weighted by molar-refractivity contribution is 0.176. The van der Waals surface area contributed by atoms with E-state index in [1.54, 1.807) is 0 Å². The Labute approximate surface area is 74.8 Å². The second-order valence-electron chi connectivity index (χ2n) is 3.63. The summed E-state index contributed by atoms with van der Waals surface area (Å²) in [5.74, 6) is 0.292. The van der Waals surface area contributed by atoms with Crippen LogP contribution in [0.5, 0.6) is 0 Å². The number of rotatable bonds is 1. The van der Waals surface area contributed by atoms with Gasteiger partial charge in [0.25, 0.3) is 0 Å². The molecule has 1 rings (SSSR count). The average Bonchev–Trinajstić information content (AvgIpc) is 2.08. The molecule has 2 atom stereocenters. The van der Waals surface area contributed by atoms with E-state index < -0.39 is 0 Å². The number of hydrogen-bond donors (Lipinski definition) is 1. The highest BCUT2D eigenvalue weighted by Crippen LogP contribution is 2.30. The summed E-state index contributed by atoms with van der Waals surface area (Å²) >= 11 is 0. The van der Waals surface area contributed by atoms with Crippen molar-refractivity contribution in [3.05, 3.63) is 22.8 Å². The molecule has 12 heavy (non-hydrogen) atoms. The summed E-state index contributed by atoms with van der Waals surface area (Å²) in [5, 5.41) is 9.66. The minimum atomic E-state index is -0.274. The van der Waals surface area contributed by atoms with Gasteiger partial charge in [0.1, 0.15) is 0 Å². The molecule has 0 saturated heterocycles. The van der Waals surface area contributed by atoms with E-state index in [4.69, 9.17) is 0 Å². The third-order valence-corrected chi connectivity index (χ3v) is 3.02. The third kappa shape index (κ3) is 1.46. The van der Waals surface area contributed by atoms with Crippen molar-refractivity contribution in [1.29, 1.82) is 0 Å². The van der Waals surface area contributed by atoms with Crippen molar-refractivity contribution in [1.82, 2.24) is 0 Å². The number of allylic oxidation sites excluding steroid dienone is 2. The van der Waals surface area contributed by atoms with E-state index in [0.717, 1.165) is 6.42 Å². The van der Waals surface area contributed by atoms with Crippen LogP contribution in [-0.4, -0.2) is 11.2 Å². The Morgan fingerprint density at radius 1 is 1.42 bits per heavy atom. The van der Waals surface area contributed by atoms with Gasteiger partial charge >= 0.3 is 0 Å². The molecule has 1 nitrogen and oxygen atoms in total. The van der Waals surface area contributed by atoms with Gasteiger partial charge < -0.3 is 5.11 Å². The van der Waals surface area contributed by atoms with Crippen molar-refractivity contribution >= 4 is 0 Å². The molecule has 2 unspecified atom stereocenters. The van der Waals surface area contributed by atoms with Gasteiger partial charge in [0, 0.05) is 5.92 Å². The van der Waals surface area contributed by atoms with Crippen LogP contribution < -0.4 is 0 Å². The van der Waals surface area contributed by atoms with E-state index in [1.165, 1.54) is 16.7 Å². The second-order valence-corrected chi connectivity index (χ2v) is 3.63. The van der Waals surface area contributed by atoms with Gasteiger partial charge in [-0.1, -0.05) is 25.5 Å². The summed E-state index contributed by atoms with van der Waals surface area (Å²) in [6, 6.07) is 0. The average molecular weight is 166 g/mol. The van der Waals surface area contributed by atoms with Crippen LogP contribution in [0.3, 0.4) is 0 Å². The first-order chi connectivity index (χ1) is 5.57. The maximum absolute atomic E-state index is 9.66. The number of hydrogen-bond acceptors (Lipinski definition) is 1. The summed E-state index contributed by atoms with van der Waals surface area (Å²) in [6.07, 6.45) is 2.74. The van der Waals surface area contributed by atoms with Gasteiger partial charge in [-0.2, -0.15) is 0 Å². The van der Waals surface area contributed by atoms with Gasteiger partial charge in [-0.3, -0.25) is 0 Å². The molecule has 0 saturated carbocycles. The normalized spacial score (nSPS) is 30.6. The van der Waals surface area contributed by atoms with Crippen molar-refractivity contribution < 1.29 is 5.11 Å². The molecular weight excluding hydrogens is 148 g/mol. The molecule has 0 aromatic heterocycles. The molecule has 0 aromatic carbocycles. The molecule has 1 N–H and O–H groups in total. The third-order valence-electron chi connectivity index (χ3n) is 3.02. The smallest absolute Gasteiger partial charge is 0.0789 e. The predicted molar refractivity (Wildman–Crippen MR) is 51.9 cm³/mol. The Morgan fingerprint density at radius 2 is 2.00 bits per heavy atom. The zero-order valence-corrected chi connectivity index (χ0v) is 8.39. The lowest BCUT2D eigenvalue weighted by Gasteiger charge is -2.26. The summed E-state index contributed by atoms with van der Waals surface area (Å²) in [5.41, 5.74) is 4.01. The van der Waals surface area contributed by atoms with Crippen LogP contribution in [0.25, 0.3) is 0 Å². The van der Waals surface area contributed by atoms with Crippen LogP contribution in [0.1, 0.15) is 34.1 Å². The highest BCUT2D eigenvalue weighted by Gasteiger charge is 2.21. The Kier molecular flexibility index (Phi) is 2.73. The Balaban J connectivity index is 3.00. The van der Waals surface area contributed by atoms with Crippen LogP contribution in [0, 0.1) is 5.92 Å². The first kappa shape index (κ1) is 9.53. The maximum Gasteiger partial charge on any atom is 0.0789 e. The van der Waals surface area contributed by atoms with Crippen molar-refractivity contribution in [3.63, 3.8) is 0 Å². The van der Waals surface area contributed by atoms with Crippen molar-refractivity contribution in [3.8, 4) is 0 Å². The summed E-state index contributed by atoms with van der Waals surface area (Å²) in [7, 11) is 0. The number of aliphatic hydroxyl groups excluding tert-OH is 1. The van der Waals surface area contributed by atoms with E-state index in [0.29, 0.717) is 5.92 Å². The van der Waals surface area contributed by atoms with Gasteiger partial charge in [-0.05, 0) is 31.4 Å². The van der Waals surface area contributed by atoms with E-state index in [9.17, 15) is 5.11 Å². The first-order valence-electron chi connectivity index (χ1n) is 4.64. The molecule has 0 aromatic rings. The van der Waals surface area contributed by atoms with E-state index in [1.807, 2.05) is 6.08 Å². The Hall–Kier alpha value is -0.560. The fraction of sp³-hybridized carbons (Fsp3) is 0.636. The van der Waals surface area contributed by atoms with Gasteiger partial charge in [-0.25, -0.2) is 0 Å². The molecule has 1 aliphatic rings. The quantitative estimate of drug-likeness (QED) is 0.635. The minimum Gasteiger partial charge on any atom is -0.388 e. The van der Waals surface area contributed by atoms with Crippen LogP contribution in [-0.2, 0) is 0 Å².